The molecule has 7 nitrogen and oxygen atoms in total. The molecule has 1 N–H and O–H groups in total. The van der Waals surface area contributed by atoms with Crippen LogP contribution in [0.15, 0.2) is 42.6 Å². The monoisotopic (exact) mass is 335 g/mol. The second-order valence-corrected chi connectivity index (χ2v) is 7.52. The molecule has 0 aliphatic rings. The van der Waals surface area contributed by atoms with E-state index in [1.54, 1.807) is 31.2 Å². The van der Waals surface area contributed by atoms with Crippen LogP contribution in [0.2, 0.25) is 0 Å². The van der Waals surface area contributed by atoms with Crippen molar-refractivity contribution in [1.29, 1.82) is 0 Å². The number of hydrogen-bond donors (Lipinski definition) is 1. The summed E-state index contributed by atoms with van der Waals surface area (Å²) in [6.45, 7) is 1.70. The van der Waals surface area contributed by atoms with Crippen molar-refractivity contribution in [2.75, 3.05) is 17.3 Å². The molecule has 122 valence electrons. The van der Waals surface area contributed by atoms with E-state index in [4.69, 9.17) is 0 Å². The number of benzene rings is 1. The molecule has 0 amide bonds. The van der Waals surface area contributed by atoms with E-state index >= 15 is 0 Å². The molecule has 2 aromatic rings. The van der Waals surface area contributed by atoms with E-state index in [1.807, 2.05) is 6.07 Å². The summed E-state index contributed by atoms with van der Waals surface area (Å²) in [6.07, 6.45) is 2.62. The van der Waals surface area contributed by atoms with E-state index < -0.39 is 20.8 Å². The number of anilines is 1. The lowest BCUT2D eigenvalue weighted by Crippen LogP contribution is -2.21. The Kier molecular flexibility index (Phi) is 4.95. The number of rotatable bonds is 6. The summed E-state index contributed by atoms with van der Waals surface area (Å²) in [5.41, 5.74) is 1.19. The Labute approximate surface area is 134 Å². The summed E-state index contributed by atoms with van der Waals surface area (Å²) in [5.74, 6) is -0.137. The first-order valence-electron chi connectivity index (χ1n) is 6.86. The predicted octanol–water partition coefficient (Wildman–Crippen LogP) is 2.50. The Hall–Kier alpha value is -2.48. The van der Waals surface area contributed by atoms with Crippen LogP contribution >= 0.6 is 0 Å². The molecule has 0 fully saturated rings. The summed E-state index contributed by atoms with van der Waals surface area (Å²) >= 11 is 0. The van der Waals surface area contributed by atoms with E-state index in [1.165, 1.54) is 12.3 Å². The molecule has 0 saturated heterocycles. The van der Waals surface area contributed by atoms with Gasteiger partial charge in [0.2, 0.25) is 5.82 Å². The van der Waals surface area contributed by atoms with Gasteiger partial charge >= 0.3 is 5.69 Å². The lowest BCUT2D eigenvalue weighted by Gasteiger charge is -2.19. The average Bonchev–Trinajstić information content (AvgIpc) is 2.47. The molecule has 0 aliphatic heterocycles. The minimum absolute atomic E-state index is 0.0538. The highest BCUT2D eigenvalue weighted by Gasteiger charge is 2.22. The summed E-state index contributed by atoms with van der Waals surface area (Å²) < 4.78 is 23.4. The predicted molar refractivity (Wildman–Crippen MR) is 88.1 cm³/mol. The molecule has 1 aromatic carbocycles. The summed E-state index contributed by atoms with van der Waals surface area (Å²) in [6, 6.07) is 9.68. The van der Waals surface area contributed by atoms with Crippen LogP contribution < -0.4 is 5.32 Å². The van der Waals surface area contributed by atoms with E-state index in [-0.39, 0.29) is 17.3 Å². The van der Waals surface area contributed by atoms with Gasteiger partial charge < -0.3 is 5.32 Å². The molecule has 23 heavy (non-hydrogen) atoms. The van der Waals surface area contributed by atoms with Gasteiger partial charge in [-0.2, -0.15) is 0 Å². The summed E-state index contributed by atoms with van der Waals surface area (Å²) in [4.78, 5) is 14.7. The molecule has 1 heterocycles. The van der Waals surface area contributed by atoms with E-state index in [0.717, 1.165) is 11.8 Å². The molecule has 0 saturated carbocycles. The number of aryl methyl sites for hydroxylation is 1. The zero-order chi connectivity index (χ0) is 17.0. The fourth-order valence-electron chi connectivity index (χ4n) is 2.18. The van der Waals surface area contributed by atoms with Gasteiger partial charge in [0.05, 0.1) is 16.7 Å². The molecular formula is C15H17N3O4S. The van der Waals surface area contributed by atoms with Gasteiger partial charge in [0.1, 0.15) is 9.84 Å². The van der Waals surface area contributed by atoms with Crippen LogP contribution in [0.5, 0.6) is 0 Å². The number of pyridine rings is 1. The number of hydrogen-bond acceptors (Lipinski definition) is 6. The van der Waals surface area contributed by atoms with Crippen LogP contribution in [0.25, 0.3) is 0 Å². The fourth-order valence-corrected chi connectivity index (χ4v) is 3.06. The summed E-state index contributed by atoms with van der Waals surface area (Å²) in [5, 5.41) is 14.1. The minimum atomic E-state index is -3.29. The largest absolute Gasteiger partial charge is 0.357 e. The Morgan fingerprint density at radius 2 is 1.96 bits per heavy atom. The normalized spacial score (nSPS) is 12.6. The second-order valence-electron chi connectivity index (χ2n) is 5.34. The number of nitrogens with one attached hydrogen (secondary N) is 1. The zero-order valence-corrected chi connectivity index (χ0v) is 13.6. The van der Waals surface area contributed by atoms with Crippen molar-refractivity contribution in [2.24, 2.45) is 0 Å². The molecule has 0 aliphatic carbocycles. The molecule has 0 spiro atoms. The van der Waals surface area contributed by atoms with Crippen molar-refractivity contribution in [3.63, 3.8) is 0 Å². The molecule has 8 heteroatoms. The third kappa shape index (κ3) is 4.75. The van der Waals surface area contributed by atoms with Crippen LogP contribution in [0, 0.1) is 17.0 Å². The Morgan fingerprint density at radius 1 is 1.30 bits per heavy atom. The van der Waals surface area contributed by atoms with Gasteiger partial charge in [0.15, 0.2) is 0 Å². The average molecular weight is 335 g/mol. The Morgan fingerprint density at radius 3 is 2.52 bits per heavy atom. The third-order valence-corrected chi connectivity index (χ3v) is 4.12. The second kappa shape index (κ2) is 6.74. The van der Waals surface area contributed by atoms with Gasteiger partial charge in [-0.15, -0.1) is 0 Å². The van der Waals surface area contributed by atoms with Crippen molar-refractivity contribution in [3.8, 4) is 0 Å². The third-order valence-electron chi connectivity index (χ3n) is 3.18. The standard InChI is InChI=1S/C15H17N3O4S/c1-11-8-14(18(19)20)15(16-9-11)17-13(10-23(2,21)22)12-6-4-3-5-7-12/h3-9,13H,10H2,1-2H3,(H,16,17)/t13-/m1/s1. The maximum absolute atomic E-state index is 11.7. The molecule has 0 bridgehead atoms. The van der Waals surface area contributed by atoms with Crippen molar-refractivity contribution >= 4 is 21.3 Å². The van der Waals surface area contributed by atoms with Crippen LogP contribution in [0.1, 0.15) is 17.2 Å². The van der Waals surface area contributed by atoms with Gasteiger partial charge in [-0.05, 0) is 18.1 Å². The van der Waals surface area contributed by atoms with Gasteiger partial charge in [-0.25, -0.2) is 13.4 Å². The molecule has 2 rings (SSSR count). The van der Waals surface area contributed by atoms with E-state index in [0.29, 0.717) is 5.56 Å². The molecule has 0 unspecified atom stereocenters. The smallest absolute Gasteiger partial charge is 0.311 e. The molecule has 1 aromatic heterocycles. The van der Waals surface area contributed by atoms with Gasteiger partial charge in [-0.1, -0.05) is 30.3 Å². The number of nitrogens with zero attached hydrogens (tertiary/aromatic N) is 2. The lowest BCUT2D eigenvalue weighted by molar-refractivity contribution is -0.384. The first-order valence-corrected chi connectivity index (χ1v) is 8.92. The first kappa shape index (κ1) is 16.9. The van der Waals surface area contributed by atoms with Gasteiger partial charge in [0.25, 0.3) is 0 Å². The lowest BCUT2D eigenvalue weighted by atomic mass is 10.1. The first-order chi connectivity index (χ1) is 10.8. The Balaban J connectivity index is 2.41. The van der Waals surface area contributed by atoms with Crippen molar-refractivity contribution in [2.45, 2.75) is 13.0 Å². The SMILES string of the molecule is Cc1cnc(N[C@H](CS(C)(=O)=O)c2ccccc2)c([N+](=O)[O-])c1. The van der Waals surface area contributed by atoms with Crippen LogP contribution in [0.3, 0.4) is 0 Å². The molecular weight excluding hydrogens is 318 g/mol. The highest BCUT2D eigenvalue weighted by Crippen LogP contribution is 2.27. The number of nitro groups is 1. The Bertz CT molecular complexity index is 807. The highest BCUT2D eigenvalue weighted by atomic mass is 32.2. The van der Waals surface area contributed by atoms with Crippen molar-refractivity contribution in [1.82, 2.24) is 4.98 Å². The number of aromatic nitrogens is 1. The molecule has 1 atom stereocenters. The summed E-state index contributed by atoms with van der Waals surface area (Å²) in [7, 11) is -3.29. The van der Waals surface area contributed by atoms with E-state index in [9.17, 15) is 18.5 Å². The highest BCUT2D eigenvalue weighted by molar-refractivity contribution is 7.90. The topological polar surface area (TPSA) is 102 Å². The quantitative estimate of drug-likeness (QED) is 0.643. The fraction of sp³-hybridized carbons (Fsp3) is 0.267. The zero-order valence-electron chi connectivity index (χ0n) is 12.8. The van der Waals surface area contributed by atoms with Gasteiger partial charge in [-0.3, -0.25) is 10.1 Å². The van der Waals surface area contributed by atoms with Crippen LogP contribution in [0.4, 0.5) is 11.5 Å². The van der Waals surface area contributed by atoms with Gasteiger partial charge in [0, 0.05) is 18.5 Å². The van der Waals surface area contributed by atoms with Crippen molar-refractivity contribution < 1.29 is 13.3 Å². The maximum Gasteiger partial charge on any atom is 0.311 e. The van der Waals surface area contributed by atoms with Crippen LogP contribution in [-0.4, -0.2) is 30.3 Å². The van der Waals surface area contributed by atoms with Crippen molar-refractivity contribution in [3.05, 3.63) is 63.8 Å². The molecule has 0 radical (unpaired) electrons. The van der Waals surface area contributed by atoms with Crippen LogP contribution in [-0.2, 0) is 9.84 Å². The van der Waals surface area contributed by atoms with E-state index in [2.05, 4.69) is 10.3 Å². The maximum atomic E-state index is 11.7. The minimum Gasteiger partial charge on any atom is -0.357 e. The number of sulfone groups is 1.